The average Bonchev–Trinajstić information content (AvgIpc) is 3.13. The Kier molecular flexibility index (Phi) is 6.55. The molecule has 0 radical (unpaired) electrons. The molecule has 4 heterocycles. The molecule has 0 atom stereocenters. The normalized spacial score (nSPS) is 19.3. The molecule has 222 valence electrons. The third kappa shape index (κ3) is 4.62. The van der Waals surface area contributed by atoms with Gasteiger partial charge in [0.15, 0.2) is 0 Å². The van der Waals surface area contributed by atoms with E-state index in [1.807, 2.05) is 12.1 Å². The molecule has 4 aliphatic heterocycles. The SMILES string of the molecule is C1=C/C(=C2/COCc3cc4c(cc32)COC/C4=C2/C=COc3ccc(-c4ccccc4)cc32)c2cc(-c3ccccc3)ccc2O1. The van der Waals surface area contributed by atoms with E-state index in [0.717, 1.165) is 44.9 Å². The van der Waals surface area contributed by atoms with Crippen LogP contribution in [0.4, 0.5) is 0 Å². The van der Waals surface area contributed by atoms with Gasteiger partial charge in [-0.05, 0) is 115 Å². The highest BCUT2D eigenvalue weighted by atomic mass is 16.5. The zero-order chi connectivity index (χ0) is 30.5. The molecular formula is C42H30O4. The van der Waals surface area contributed by atoms with Gasteiger partial charge >= 0.3 is 0 Å². The standard InChI is InChI=1S/C42H30O4/c1-3-7-27(8-4-1)29-11-13-41-37(19-29)33(15-17-45-41)39-25-43-23-31-22-36-32(21-35(31)39)24-44-26-40(36)34-16-18-46-42-14-12-30(20-38(34)42)28-9-5-2-6-10-28/h1-22H,23-26H2/b39-33+,40-34+. The fourth-order valence-electron chi connectivity index (χ4n) is 6.98. The van der Waals surface area contributed by atoms with Gasteiger partial charge in [0.25, 0.3) is 0 Å². The molecule has 5 aromatic rings. The predicted octanol–water partition coefficient (Wildman–Crippen LogP) is 9.71. The summed E-state index contributed by atoms with van der Waals surface area (Å²) in [5, 5.41) is 0. The van der Waals surface area contributed by atoms with E-state index in [2.05, 4.69) is 109 Å². The van der Waals surface area contributed by atoms with Gasteiger partial charge in [0.1, 0.15) is 11.5 Å². The lowest BCUT2D eigenvalue weighted by Gasteiger charge is -2.29. The maximum Gasteiger partial charge on any atom is 0.134 e. The van der Waals surface area contributed by atoms with Gasteiger partial charge in [0.05, 0.1) is 39.0 Å². The molecule has 0 saturated heterocycles. The summed E-state index contributed by atoms with van der Waals surface area (Å²) in [7, 11) is 0. The first-order chi connectivity index (χ1) is 22.8. The lowest BCUT2D eigenvalue weighted by Crippen LogP contribution is -2.17. The third-order valence-corrected chi connectivity index (χ3v) is 9.25. The van der Waals surface area contributed by atoms with E-state index < -0.39 is 0 Å². The van der Waals surface area contributed by atoms with Gasteiger partial charge < -0.3 is 18.9 Å². The quantitative estimate of drug-likeness (QED) is 0.203. The van der Waals surface area contributed by atoms with E-state index in [-0.39, 0.29) is 0 Å². The van der Waals surface area contributed by atoms with E-state index in [0.29, 0.717) is 26.4 Å². The molecule has 0 unspecified atom stereocenters. The first-order valence-electron chi connectivity index (χ1n) is 15.6. The Morgan fingerprint density at radius 1 is 0.391 bits per heavy atom. The molecule has 0 spiro atoms. The Morgan fingerprint density at radius 3 is 1.30 bits per heavy atom. The summed E-state index contributed by atoms with van der Waals surface area (Å²) in [6, 6.07) is 38.4. The minimum atomic E-state index is 0.533. The van der Waals surface area contributed by atoms with Crippen molar-refractivity contribution >= 4 is 22.3 Å². The second-order valence-corrected chi connectivity index (χ2v) is 11.9. The molecule has 9 rings (SSSR count). The van der Waals surface area contributed by atoms with Crippen molar-refractivity contribution in [2.45, 2.75) is 13.2 Å². The van der Waals surface area contributed by atoms with Crippen LogP contribution >= 0.6 is 0 Å². The molecule has 4 heteroatoms. The summed E-state index contributed by atoms with van der Waals surface area (Å²) in [6.07, 6.45) is 7.71. The number of benzene rings is 5. The number of allylic oxidation sites excluding steroid dienone is 4. The van der Waals surface area contributed by atoms with Gasteiger partial charge in [-0.1, -0.05) is 72.8 Å². The van der Waals surface area contributed by atoms with Crippen molar-refractivity contribution in [1.82, 2.24) is 0 Å². The van der Waals surface area contributed by atoms with Crippen molar-refractivity contribution in [3.05, 3.63) is 167 Å². The van der Waals surface area contributed by atoms with Crippen LogP contribution in [0.25, 0.3) is 44.5 Å². The second kappa shape index (κ2) is 11.2. The lowest BCUT2D eigenvalue weighted by atomic mass is 9.83. The van der Waals surface area contributed by atoms with Crippen LogP contribution in [0.5, 0.6) is 11.5 Å². The summed E-state index contributed by atoms with van der Waals surface area (Å²) in [5.74, 6) is 1.70. The zero-order valence-electron chi connectivity index (χ0n) is 25.2. The Morgan fingerprint density at radius 2 is 0.848 bits per heavy atom. The van der Waals surface area contributed by atoms with E-state index >= 15 is 0 Å². The second-order valence-electron chi connectivity index (χ2n) is 11.9. The van der Waals surface area contributed by atoms with Gasteiger partial charge in [-0.3, -0.25) is 0 Å². The van der Waals surface area contributed by atoms with Crippen LogP contribution in [0.2, 0.25) is 0 Å². The number of fused-ring (bicyclic) bond motifs is 4. The monoisotopic (exact) mass is 598 g/mol. The van der Waals surface area contributed by atoms with Crippen LogP contribution in [0, 0.1) is 0 Å². The molecule has 5 aromatic carbocycles. The van der Waals surface area contributed by atoms with E-state index in [9.17, 15) is 0 Å². The van der Waals surface area contributed by atoms with Crippen molar-refractivity contribution in [1.29, 1.82) is 0 Å². The Hall–Kier alpha value is -5.42. The molecule has 0 amide bonds. The van der Waals surface area contributed by atoms with Crippen LogP contribution < -0.4 is 9.47 Å². The molecule has 0 aromatic heterocycles. The van der Waals surface area contributed by atoms with Crippen LogP contribution in [0.15, 0.2) is 134 Å². The minimum absolute atomic E-state index is 0.533. The molecular weight excluding hydrogens is 568 g/mol. The maximum atomic E-state index is 6.27. The van der Waals surface area contributed by atoms with Gasteiger partial charge in [-0.15, -0.1) is 0 Å². The molecule has 46 heavy (non-hydrogen) atoms. The van der Waals surface area contributed by atoms with Gasteiger partial charge in [0.2, 0.25) is 0 Å². The van der Waals surface area contributed by atoms with Crippen molar-refractivity contribution < 1.29 is 18.9 Å². The summed E-state index contributed by atoms with van der Waals surface area (Å²) in [6.45, 7) is 2.19. The Bertz CT molecular complexity index is 1980. The smallest absolute Gasteiger partial charge is 0.134 e. The summed E-state index contributed by atoms with van der Waals surface area (Å²) in [5.41, 5.74) is 16.2. The highest BCUT2D eigenvalue weighted by Gasteiger charge is 2.28. The fraction of sp³-hybridized carbons (Fsp3) is 0.0952. The summed E-state index contributed by atoms with van der Waals surface area (Å²) in [4.78, 5) is 0. The van der Waals surface area contributed by atoms with Gasteiger partial charge in [-0.25, -0.2) is 0 Å². The third-order valence-electron chi connectivity index (χ3n) is 9.25. The molecule has 4 nitrogen and oxygen atoms in total. The predicted molar refractivity (Wildman–Crippen MR) is 183 cm³/mol. The molecule has 0 saturated carbocycles. The van der Waals surface area contributed by atoms with Gasteiger partial charge in [-0.2, -0.15) is 0 Å². The number of hydrogen-bond acceptors (Lipinski definition) is 4. The highest BCUT2D eigenvalue weighted by molar-refractivity contribution is 6.02. The van der Waals surface area contributed by atoms with Crippen LogP contribution in [-0.4, -0.2) is 13.2 Å². The minimum Gasteiger partial charge on any atom is -0.464 e. The lowest BCUT2D eigenvalue weighted by molar-refractivity contribution is 0.142. The maximum absolute atomic E-state index is 6.27. The number of hydrogen-bond donors (Lipinski definition) is 0. The zero-order valence-corrected chi connectivity index (χ0v) is 25.2. The largest absolute Gasteiger partial charge is 0.464 e. The average molecular weight is 599 g/mol. The summed E-state index contributed by atoms with van der Waals surface area (Å²) < 4.78 is 24.5. The van der Waals surface area contributed by atoms with Crippen molar-refractivity contribution in [3.8, 4) is 33.8 Å². The van der Waals surface area contributed by atoms with Crippen molar-refractivity contribution in [3.63, 3.8) is 0 Å². The molecule has 0 N–H and O–H groups in total. The fourth-order valence-corrected chi connectivity index (χ4v) is 6.98. The van der Waals surface area contributed by atoms with E-state index in [1.165, 1.54) is 44.5 Å². The van der Waals surface area contributed by atoms with Crippen LogP contribution in [-0.2, 0) is 22.7 Å². The Labute approximate surface area is 268 Å². The van der Waals surface area contributed by atoms with Crippen LogP contribution in [0.3, 0.4) is 0 Å². The van der Waals surface area contributed by atoms with E-state index in [4.69, 9.17) is 18.9 Å². The molecule has 4 aliphatic rings. The Balaban J connectivity index is 1.17. The first-order valence-corrected chi connectivity index (χ1v) is 15.6. The van der Waals surface area contributed by atoms with Crippen LogP contribution in [0.1, 0.15) is 33.4 Å². The first kappa shape index (κ1) is 26.9. The summed E-state index contributed by atoms with van der Waals surface area (Å²) >= 11 is 0. The van der Waals surface area contributed by atoms with Crippen molar-refractivity contribution in [2.75, 3.05) is 13.2 Å². The molecule has 0 aliphatic carbocycles. The van der Waals surface area contributed by atoms with E-state index in [1.54, 1.807) is 12.5 Å². The van der Waals surface area contributed by atoms with Gasteiger partial charge in [0, 0.05) is 11.1 Å². The number of ether oxygens (including phenoxy) is 4. The number of rotatable bonds is 2. The topological polar surface area (TPSA) is 36.9 Å². The molecule has 0 fully saturated rings. The highest BCUT2D eigenvalue weighted by Crippen LogP contribution is 2.45. The van der Waals surface area contributed by atoms with Crippen molar-refractivity contribution in [2.24, 2.45) is 0 Å². The molecule has 0 bridgehead atoms.